The number of aromatic nitrogens is 4. The first kappa shape index (κ1) is 28.9. The van der Waals surface area contributed by atoms with Crippen molar-refractivity contribution in [1.29, 1.82) is 0 Å². The van der Waals surface area contributed by atoms with E-state index in [1.165, 1.54) is 11.9 Å². The molecule has 0 unspecified atom stereocenters. The summed E-state index contributed by atoms with van der Waals surface area (Å²) in [4.78, 5) is 8.39. The molecule has 2 fully saturated rings. The Hall–Kier alpha value is -2.65. The van der Waals surface area contributed by atoms with Gasteiger partial charge in [-0.15, -0.1) is 0 Å². The largest absolute Gasteiger partial charge is 0.383 e. The maximum atomic E-state index is 10.6. The van der Waals surface area contributed by atoms with E-state index in [1.54, 1.807) is 0 Å². The summed E-state index contributed by atoms with van der Waals surface area (Å²) in [6.07, 6.45) is 5.22. The van der Waals surface area contributed by atoms with Crippen molar-refractivity contribution in [2.45, 2.75) is 57.1 Å². The lowest BCUT2D eigenvalue weighted by Crippen LogP contribution is -2.35. The highest BCUT2D eigenvalue weighted by atomic mass is 127. The third-order valence-corrected chi connectivity index (χ3v) is 8.83. The number of nitrogen functional groups attached to an aromatic ring is 1. The highest BCUT2D eigenvalue weighted by Gasteiger charge is 2.34. The zero-order valence-electron chi connectivity index (χ0n) is 21.8. The molecule has 0 spiro atoms. The standard InChI is InChI=1S/C16H16IN5O.C12H16O4S/c17-14-13-15(18)19-9-20-16(13)22(21-14)11-6-12(7-11)23-8-10-4-2-1-3-5-10;13-17(14,15)9-11-6-12(7-11)16-8-10-4-2-1-3-5-10/h1-5,9,11-12H,6-8H2,(H2,18,19,20);1-5,11-12H,6-9H2,(H,13,14,15). The maximum absolute atomic E-state index is 10.6. The number of hydrogen-bond donors (Lipinski definition) is 2. The number of nitrogens with two attached hydrogens (primary N) is 1. The Labute approximate surface area is 247 Å². The van der Waals surface area contributed by atoms with E-state index in [0.717, 1.165) is 33.1 Å². The van der Waals surface area contributed by atoms with Crippen LogP contribution in [0.4, 0.5) is 5.82 Å². The highest BCUT2D eigenvalue weighted by Crippen LogP contribution is 2.37. The Balaban J connectivity index is 0.000000170. The second-order valence-corrected chi connectivity index (χ2v) is 12.8. The molecule has 0 radical (unpaired) electrons. The molecule has 2 saturated carbocycles. The molecule has 2 aromatic heterocycles. The van der Waals surface area contributed by atoms with Crippen molar-refractivity contribution >= 4 is 49.6 Å². The smallest absolute Gasteiger partial charge is 0.265 e. The third kappa shape index (κ3) is 7.55. The Morgan fingerprint density at radius 3 is 2.00 bits per heavy atom. The monoisotopic (exact) mass is 677 g/mol. The Morgan fingerprint density at radius 2 is 1.45 bits per heavy atom. The Kier molecular flexibility index (Phi) is 9.31. The minimum atomic E-state index is -3.83. The van der Waals surface area contributed by atoms with Crippen LogP contribution in [0.15, 0.2) is 67.0 Å². The number of rotatable bonds is 9. The second kappa shape index (κ2) is 12.9. The number of hydrogen-bond acceptors (Lipinski definition) is 8. The number of ether oxygens (including phenoxy) is 2. The zero-order valence-corrected chi connectivity index (χ0v) is 24.8. The van der Waals surface area contributed by atoms with E-state index in [2.05, 4.69) is 49.8 Å². The summed E-state index contributed by atoms with van der Waals surface area (Å²) in [7, 11) is -3.83. The van der Waals surface area contributed by atoms with Gasteiger partial charge in [-0.2, -0.15) is 13.5 Å². The lowest BCUT2D eigenvalue weighted by Gasteiger charge is -2.35. The van der Waals surface area contributed by atoms with Crippen molar-refractivity contribution in [3.05, 3.63) is 81.8 Å². The van der Waals surface area contributed by atoms with Gasteiger partial charge in [0.2, 0.25) is 0 Å². The average Bonchev–Trinajstić information content (AvgIpc) is 3.22. The van der Waals surface area contributed by atoms with Gasteiger partial charge in [-0.25, -0.2) is 14.6 Å². The minimum Gasteiger partial charge on any atom is -0.383 e. The van der Waals surface area contributed by atoms with Crippen LogP contribution in [0.25, 0.3) is 11.0 Å². The van der Waals surface area contributed by atoms with Gasteiger partial charge in [0.25, 0.3) is 10.1 Å². The number of nitrogens with zero attached hydrogens (tertiary/aromatic N) is 4. The van der Waals surface area contributed by atoms with Crippen molar-refractivity contribution in [2.24, 2.45) is 5.92 Å². The first-order valence-electron chi connectivity index (χ1n) is 13.2. The highest BCUT2D eigenvalue weighted by molar-refractivity contribution is 14.1. The first-order valence-corrected chi connectivity index (χ1v) is 15.8. The predicted molar refractivity (Wildman–Crippen MR) is 160 cm³/mol. The molecule has 0 saturated heterocycles. The van der Waals surface area contributed by atoms with Crippen molar-refractivity contribution < 1.29 is 22.4 Å². The van der Waals surface area contributed by atoms with Crippen LogP contribution in [0.5, 0.6) is 0 Å². The van der Waals surface area contributed by atoms with Gasteiger partial charge in [0.15, 0.2) is 5.65 Å². The van der Waals surface area contributed by atoms with Gasteiger partial charge in [0.1, 0.15) is 15.8 Å². The topological polar surface area (TPSA) is 142 Å². The molecule has 2 aromatic carbocycles. The fraction of sp³-hybridized carbons (Fsp3) is 0.393. The van der Waals surface area contributed by atoms with Gasteiger partial charge in [-0.05, 0) is 65.3 Å². The molecule has 212 valence electrons. The van der Waals surface area contributed by atoms with E-state index < -0.39 is 10.1 Å². The Bertz CT molecular complexity index is 1510. The molecule has 40 heavy (non-hydrogen) atoms. The van der Waals surface area contributed by atoms with Crippen LogP contribution in [0.3, 0.4) is 0 Å². The molecule has 0 bridgehead atoms. The zero-order chi connectivity index (χ0) is 28.1. The summed E-state index contributed by atoms with van der Waals surface area (Å²) in [5.41, 5.74) is 9.07. The minimum absolute atomic E-state index is 0.0470. The summed E-state index contributed by atoms with van der Waals surface area (Å²) in [5, 5.41) is 5.44. The van der Waals surface area contributed by atoms with Gasteiger partial charge in [-0.3, -0.25) is 4.55 Å². The quantitative estimate of drug-likeness (QED) is 0.189. The third-order valence-electron chi connectivity index (χ3n) is 7.19. The number of benzene rings is 2. The molecule has 6 rings (SSSR count). The van der Waals surface area contributed by atoms with E-state index >= 15 is 0 Å². The summed E-state index contributed by atoms with van der Waals surface area (Å²) < 4.78 is 44.4. The summed E-state index contributed by atoms with van der Waals surface area (Å²) in [6.45, 7) is 1.22. The van der Waals surface area contributed by atoms with Crippen molar-refractivity contribution in [3.8, 4) is 0 Å². The molecule has 2 aliphatic carbocycles. The van der Waals surface area contributed by atoms with Gasteiger partial charge < -0.3 is 15.2 Å². The van der Waals surface area contributed by atoms with Crippen molar-refractivity contribution in [1.82, 2.24) is 19.7 Å². The molecule has 3 N–H and O–H groups in total. The normalized spacial score (nSPS) is 22.1. The SMILES string of the molecule is Nc1ncnc2c1c(I)nn2C1CC(OCc2ccccc2)C1.O=S(=O)(O)CC1CC(OCc2ccccc2)C1. The van der Waals surface area contributed by atoms with Gasteiger partial charge >= 0.3 is 0 Å². The fourth-order valence-electron chi connectivity index (χ4n) is 4.90. The molecule has 2 heterocycles. The molecule has 4 aromatic rings. The molecule has 0 aliphatic heterocycles. The molecule has 0 amide bonds. The van der Waals surface area contributed by atoms with E-state index in [9.17, 15) is 8.42 Å². The van der Waals surface area contributed by atoms with Crippen LogP contribution in [0.2, 0.25) is 0 Å². The van der Waals surface area contributed by atoms with Crippen LogP contribution < -0.4 is 5.73 Å². The van der Waals surface area contributed by atoms with Crippen LogP contribution in [-0.4, -0.2) is 50.7 Å². The molecular weight excluding hydrogens is 645 g/mol. The van der Waals surface area contributed by atoms with Gasteiger partial charge in [0, 0.05) is 0 Å². The summed E-state index contributed by atoms with van der Waals surface area (Å²) >= 11 is 2.18. The van der Waals surface area contributed by atoms with Crippen molar-refractivity contribution in [3.63, 3.8) is 0 Å². The number of fused-ring (bicyclic) bond motifs is 1. The van der Waals surface area contributed by atoms with E-state index in [4.69, 9.17) is 19.8 Å². The van der Waals surface area contributed by atoms with Crippen molar-refractivity contribution in [2.75, 3.05) is 11.5 Å². The average molecular weight is 678 g/mol. The van der Waals surface area contributed by atoms with Gasteiger partial charge in [0.05, 0.1) is 42.6 Å². The van der Waals surface area contributed by atoms with E-state index in [0.29, 0.717) is 37.9 Å². The Morgan fingerprint density at radius 1 is 0.900 bits per heavy atom. The maximum Gasteiger partial charge on any atom is 0.265 e. The lowest BCUT2D eigenvalue weighted by molar-refractivity contribution is -0.0375. The van der Waals surface area contributed by atoms with Gasteiger partial charge in [-0.1, -0.05) is 60.7 Å². The van der Waals surface area contributed by atoms with Crippen LogP contribution in [0, 0.1) is 9.62 Å². The molecule has 0 atom stereocenters. The second-order valence-electron chi connectivity index (χ2n) is 10.2. The number of anilines is 1. The van der Waals surface area contributed by atoms with E-state index in [1.807, 2.05) is 53.2 Å². The number of halogens is 1. The molecular formula is C28H32IN5O5S. The summed E-state index contributed by atoms with van der Waals surface area (Å²) in [5.74, 6) is 0.394. The molecule has 10 nitrogen and oxygen atoms in total. The summed E-state index contributed by atoms with van der Waals surface area (Å²) in [6, 6.07) is 20.4. The lowest BCUT2D eigenvalue weighted by atomic mass is 9.84. The van der Waals surface area contributed by atoms with Crippen LogP contribution in [0.1, 0.15) is 42.9 Å². The first-order chi connectivity index (χ1) is 19.2. The molecule has 2 aliphatic rings. The van der Waals surface area contributed by atoms with Crippen LogP contribution in [-0.2, 0) is 32.8 Å². The fourth-order valence-corrected chi connectivity index (χ4v) is 6.52. The van der Waals surface area contributed by atoms with E-state index in [-0.39, 0.29) is 23.9 Å². The molecule has 12 heteroatoms. The predicted octanol–water partition coefficient (Wildman–Crippen LogP) is 4.80. The van der Waals surface area contributed by atoms with Crippen LogP contribution >= 0.6 is 22.6 Å².